The summed E-state index contributed by atoms with van der Waals surface area (Å²) in [5.74, 6) is 0.598. The molecule has 19 heavy (non-hydrogen) atoms. The largest absolute Gasteiger partial charge is 0.456 e. The molecule has 98 valence electrons. The fraction of sp³-hybridized carbons (Fsp3) is 0.0769. The highest BCUT2D eigenvalue weighted by Gasteiger charge is 2.08. The van der Waals surface area contributed by atoms with Crippen molar-refractivity contribution in [1.82, 2.24) is 10.3 Å². The van der Waals surface area contributed by atoms with Crippen molar-refractivity contribution in [2.75, 3.05) is 12.8 Å². The molecule has 0 saturated heterocycles. The molecule has 6 heteroatoms. The van der Waals surface area contributed by atoms with Crippen LogP contribution in [0.2, 0.25) is 5.02 Å². The van der Waals surface area contributed by atoms with Gasteiger partial charge in [0.25, 0.3) is 5.91 Å². The summed E-state index contributed by atoms with van der Waals surface area (Å²) in [7, 11) is 1.53. The molecule has 0 bridgehead atoms. The number of rotatable bonds is 3. The van der Waals surface area contributed by atoms with E-state index in [9.17, 15) is 4.79 Å². The van der Waals surface area contributed by atoms with E-state index in [1.54, 1.807) is 24.3 Å². The molecular weight excluding hydrogens is 266 g/mol. The number of nitrogens with two attached hydrogens (primary N) is 1. The molecule has 1 amide bonds. The minimum absolute atomic E-state index is 0.264. The van der Waals surface area contributed by atoms with Crippen molar-refractivity contribution < 1.29 is 9.53 Å². The Bertz CT molecular complexity index is 617. The van der Waals surface area contributed by atoms with Gasteiger partial charge in [-0.3, -0.25) is 9.78 Å². The zero-order valence-electron chi connectivity index (χ0n) is 10.2. The van der Waals surface area contributed by atoms with Gasteiger partial charge in [0, 0.05) is 31.1 Å². The van der Waals surface area contributed by atoms with Gasteiger partial charge in [0.1, 0.15) is 17.2 Å². The zero-order valence-corrected chi connectivity index (χ0v) is 10.9. The van der Waals surface area contributed by atoms with Crippen LogP contribution in [-0.4, -0.2) is 17.9 Å². The van der Waals surface area contributed by atoms with Gasteiger partial charge in [-0.1, -0.05) is 11.6 Å². The third kappa shape index (κ3) is 3.14. The first-order chi connectivity index (χ1) is 9.10. The predicted octanol–water partition coefficient (Wildman–Crippen LogP) is 2.47. The van der Waals surface area contributed by atoms with Crippen LogP contribution in [0.4, 0.5) is 5.69 Å². The number of carbonyl (C=O) groups is 1. The molecule has 5 nitrogen and oxygen atoms in total. The third-order valence-corrected chi connectivity index (χ3v) is 2.69. The van der Waals surface area contributed by atoms with Crippen LogP contribution in [0.1, 0.15) is 10.5 Å². The fourth-order valence-corrected chi connectivity index (χ4v) is 1.61. The Balaban J connectivity index is 2.28. The van der Waals surface area contributed by atoms with Gasteiger partial charge in [-0.05, 0) is 18.2 Å². The van der Waals surface area contributed by atoms with E-state index in [2.05, 4.69) is 10.3 Å². The lowest BCUT2D eigenvalue weighted by atomic mass is 10.3. The molecule has 0 saturated carbocycles. The Labute approximate surface area is 115 Å². The molecule has 0 fully saturated rings. The smallest absolute Gasteiger partial charge is 0.269 e. The van der Waals surface area contributed by atoms with Gasteiger partial charge in [-0.15, -0.1) is 0 Å². The lowest BCUT2D eigenvalue weighted by Crippen LogP contribution is -2.18. The van der Waals surface area contributed by atoms with Gasteiger partial charge < -0.3 is 15.8 Å². The van der Waals surface area contributed by atoms with E-state index in [0.717, 1.165) is 0 Å². The van der Waals surface area contributed by atoms with Crippen LogP contribution in [0.5, 0.6) is 11.5 Å². The molecule has 0 aliphatic heterocycles. The summed E-state index contributed by atoms with van der Waals surface area (Å²) in [4.78, 5) is 15.4. The van der Waals surface area contributed by atoms with Gasteiger partial charge in [-0.25, -0.2) is 0 Å². The second kappa shape index (κ2) is 5.58. The van der Waals surface area contributed by atoms with Crippen molar-refractivity contribution >= 4 is 23.2 Å². The molecule has 2 aromatic rings. The molecule has 1 aromatic carbocycles. The summed E-state index contributed by atoms with van der Waals surface area (Å²) in [6.07, 6.45) is 1.49. The number of pyridine rings is 1. The van der Waals surface area contributed by atoms with Crippen molar-refractivity contribution in [2.24, 2.45) is 0 Å². The van der Waals surface area contributed by atoms with Gasteiger partial charge in [0.05, 0.1) is 5.02 Å². The number of hydrogen-bond acceptors (Lipinski definition) is 4. The average Bonchev–Trinajstić information content (AvgIpc) is 2.42. The van der Waals surface area contributed by atoms with Crippen LogP contribution in [0.15, 0.2) is 36.5 Å². The highest BCUT2D eigenvalue weighted by molar-refractivity contribution is 6.32. The summed E-state index contributed by atoms with van der Waals surface area (Å²) in [5.41, 5.74) is 6.47. The number of carbonyl (C=O) groups excluding carboxylic acids is 1. The Kier molecular flexibility index (Phi) is 3.87. The Hall–Kier alpha value is -2.27. The second-order valence-electron chi connectivity index (χ2n) is 3.75. The topological polar surface area (TPSA) is 77.2 Å². The van der Waals surface area contributed by atoms with Crippen LogP contribution in [0.3, 0.4) is 0 Å². The minimum Gasteiger partial charge on any atom is -0.456 e. The maximum atomic E-state index is 11.5. The molecular formula is C13H12ClN3O2. The van der Waals surface area contributed by atoms with Gasteiger partial charge in [0.15, 0.2) is 0 Å². The highest BCUT2D eigenvalue weighted by Crippen LogP contribution is 2.31. The first kappa shape index (κ1) is 13.2. The Morgan fingerprint density at radius 2 is 2.16 bits per heavy atom. The normalized spacial score (nSPS) is 10.0. The molecule has 0 aliphatic rings. The monoisotopic (exact) mass is 277 g/mol. The SMILES string of the molecule is CNC(=O)c1cc(Oc2cc(N)ccc2Cl)ccn1. The number of hydrogen-bond donors (Lipinski definition) is 2. The number of nitrogens with zero attached hydrogens (tertiary/aromatic N) is 1. The van der Waals surface area contributed by atoms with Crippen LogP contribution in [-0.2, 0) is 0 Å². The van der Waals surface area contributed by atoms with E-state index in [-0.39, 0.29) is 11.6 Å². The molecule has 1 aromatic heterocycles. The number of ether oxygens (including phenoxy) is 1. The molecule has 0 spiro atoms. The van der Waals surface area contributed by atoms with Crippen molar-refractivity contribution in [2.45, 2.75) is 0 Å². The first-order valence-corrected chi connectivity index (χ1v) is 5.89. The number of nitrogen functional groups attached to an aromatic ring is 1. The van der Waals surface area contributed by atoms with Crippen molar-refractivity contribution in [3.63, 3.8) is 0 Å². The maximum absolute atomic E-state index is 11.5. The zero-order chi connectivity index (χ0) is 13.8. The summed E-state index contributed by atoms with van der Waals surface area (Å²) < 4.78 is 5.59. The van der Waals surface area contributed by atoms with E-state index in [0.29, 0.717) is 22.2 Å². The molecule has 0 aliphatic carbocycles. The lowest BCUT2D eigenvalue weighted by Gasteiger charge is -2.09. The van der Waals surface area contributed by atoms with Gasteiger partial charge in [-0.2, -0.15) is 0 Å². The first-order valence-electron chi connectivity index (χ1n) is 5.51. The third-order valence-electron chi connectivity index (χ3n) is 2.37. The van der Waals surface area contributed by atoms with Gasteiger partial charge >= 0.3 is 0 Å². The average molecular weight is 278 g/mol. The molecule has 2 rings (SSSR count). The van der Waals surface area contributed by atoms with Crippen LogP contribution in [0, 0.1) is 0 Å². The van der Waals surface area contributed by atoms with E-state index >= 15 is 0 Å². The molecule has 0 unspecified atom stereocenters. The summed E-state index contributed by atoms with van der Waals surface area (Å²) in [5, 5.41) is 2.93. The number of benzene rings is 1. The number of aromatic nitrogens is 1. The van der Waals surface area contributed by atoms with E-state index in [1.807, 2.05) is 0 Å². The van der Waals surface area contributed by atoms with E-state index in [4.69, 9.17) is 22.1 Å². The number of halogens is 1. The van der Waals surface area contributed by atoms with E-state index in [1.165, 1.54) is 19.3 Å². The lowest BCUT2D eigenvalue weighted by molar-refractivity contribution is 0.0958. The Morgan fingerprint density at radius 1 is 1.37 bits per heavy atom. The molecule has 0 atom stereocenters. The molecule has 3 N–H and O–H groups in total. The molecule has 1 heterocycles. The highest BCUT2D eigenvalue weighted by atomic mass is 35.5. The number of amides is 1. The summed E-state index contributed by atoms with van der Waals surface area (Å²) in [6, 6.07) is 8.09. The maximum Gasteiger partial charge on any atom is 0.269 e. The second-order valence-corrected chi connectivity index (χ2v) is 4.16. The summed E-state index contributed by atoms with van der Waals surface area (Å²) in [6.45, 7) is 0. The quantitative estimate of drug-likeness (QED) is 0.845. The summed E-state index contributed by atoms with van der Waals surface area (Å²) >= 11 is 6.00. The van der Waals surface area contributed by atoms with Crippen molar-refractivity contribution in [3.05, 3.63) is 47.2 Å². The van der Waals surface area contributed by atoms with Crippen LogP contribution < -0.4 is 15.8 Å². The Morgan fingerprint density at radius 3 is 2.89 bits per heavy atom. The van der Waals surface area contributed by atoms with Crippen molar-refractivity contribution in [3.8, 4) is 11.5 Å². The number of anilines is 1. The molecule has 0 radical (unpaired) electrons. The van der Waals surface area contributed by atoms with Crippen LogP contribution >= 0.6 is 11.6 Å². The van der Waals surface area contributed by atoms with Gasteiger partial charge in [0.2, 0.25) is 0 Å². The van der Waals surface area contributed by atoms with Crippen LogP contribution in [0.25, 0.3) is 0 Å². The number of nitrogens with one attached hydrogen (secondary N) is 1. The predicted molar refractivity (Wildman–Crippen MR) is 73.6 cm³/mol. The van der Waals surface area contributed by atoms with E-state index < -0.39 is 0 Å². The fourth-order valence-electron chi connectivity index (χ4n) is 1.45. The standard InChI is InChI=1S/C13H12ClN3O2/c1-16-13(18)11-7-9(4-5-17-11)19-12-6-8(15)2-3-10(12)14/h2-7H,15H2,1H3,(H,16,18). The van der Waals surface area contributed by atoms with Crippen molar-refractivity contribution in [1.29, 1.82) is 0 Å². The minimum atomic E-state index is -0.288.